The molecule has 1 nitrogen and oxygen atoms in total. The van der Waals surface area contributed by atoms with Crippen LogP contribution in [0.1, 0.15) is 38.7 Å². The van der Waals surface area contributed by atoms with Crippen molar-refractivity contribution >= 4 is 0 Å². The fourth-order valence-electron chi connectivity index (χ4n) is 2.67. The summed E-state index contributed by atoms with van der Waals surface area (Å²) in [5.74, 6) is -2.78. The molecule has 0 amide bonds. The topological polar surface area (TPSA) is 12.0 Å². The Kier molecular flexibility index (Phi) is 3.71. The lowest BCUT2D eigenvalue weighted by molar-refractivity contribution is -0.00582. The first kappa shape index (κ1) is 13.5. The van der Waals surface area contributed by atoms with Crippen molar-refractivity contribution in [3.05, 3.63) is 35.9 Å². The molecule has 0 spiro atoms. The SMILES string of the molecule is CC1(C)CCC(NCC(F)(F)c2ccccc2)C1. The molecule has 3 heteroatoms. The second kappa shape index (κ2) is 4.96. The number of halogens is 2. The van der Waals surface area contributed by atoms with Gasteiger partial charge in [0.2, 0.25) is 0 Å². The molecule has 1 aromatic rings. The number of benzene rings is 1. The number of alkyl halides is 2. The van der Waals surface area contributed by atoms with E-state index in [0.29, 0.717) is 5.41 Å². The van der Waals surface area contributed by atoms with Crippen molar-refractivity contribution in [1.82, 2.24) is 5.32 Å². The van der Waals surface area contributed by atoms with E-state index in [1.165, 1.54) is 12.1 Å². The molecule has 100 valence electrons. The van der Waals surface area contributed by atoms with Crippen LogP contribution in [0.25, 0.3) is 0 Å². The molecule has 1 N–H and O–H groups in total. The van der Waals surface area contributed by atoms with Crippen molar-refractivity contribution in [2.75, 3.05) is 6.54 Å². The molecular formula is C15H21F2N. The maximum absolute atomic E-state index is 13.9. The molecule has 1 saturated carbocycles. The summed E-state index contributed by atoms with van der Waals surface area (Å²) in [6.45, 7) is 4.13. The standard InChI is InChI=1S/C15H21F2N/c1-14(2)9-8-13(10-14)18-11-15(16,17)12-6-4-3-5-7-12/h3-7,13,18H,8-11H2,1-2H3. The molecule has 2 rings (SSSR count). The van der Waals surface area contributed by atoms with Gasteiger partial charge in [0, 0.05) is 11.6 Å². The predicted octanol–water partition coefficient (Wildman–Crippen LogP) is 3.95. The van der Waals surface area contributed by atoms with Crippen LogP contribution in [0.4, 0.5) is 8.78 Å². The minimum atomic E-state index is -2.78. The smallest absolute Gasteiger partial charge is 0.285 e. The molecule has 1 aromatic carbocycles. The van der Waals surface area contributed by atoms with E-state index in [-0.39, 0.29) is 18.2 Å². The van der Waals surface area contributed by atoms with E-state index in [0.717, 1.165) is 19.3 Å². The van der Waals surface area contributed by atoms with Crippen molar-refractivity contribution in [1.29, 1.82) is 0 Å². The third-order valence-electron chi connectivity index (χ3n) is 3.78. The molecule has 1 unspecified atom stereocenters. The van der Waals surface area contributed by atoms with Crippen molar-refractivity contribution in [3.8, 4) is 0 Å². The van der Waals surface area contributed by atoms with Gasteiger partial charge in [-0.05, 0) is 24.7 Å². The molecule has 0 bridgehead atoms. The van der Waals surface area contributed by atoms with Gasteiger partial charge in [-0.15, -0.1) is 0 Å². The Labute approximate surface area is 108 Å². The summed E-state index contributed by atoms with van der Waals surface area (Å²) in [5, 5.41) is 3.03. The number of hydrogen-bond donors (Lipinski definition) is 1. The summed E-state index contributed by atoms with van der Waals surface area (Å²) in [6.07, 6.45) is 3.09. The Bertz CT molecular complexity index is 387. The monoisotopic (exact) mass is 253 g/mol. The van der Waals surface area contributed by atoms with E-state index in [1.54, 1.807) is 18.2 Å². The van der Waals surface area contributed by atoms with Gasteiger partial charge in [0.25, 0.3) is 5.92 Å². The largest absolute Gasteiger partial charge is 0.308 e. The zero-order chi connectivity index (χ0) is 13.2. The fourth-order valence-corrected chi connectivity index (χ4v) is 2.67. The van der Waals surface area contributed by atoms with E-state index in [2.05, 4.69) is 19.2 Å². The molecule has 1 atom stereocenters. The highest BCUT2D eigenvalue weighted by atomic mass is 19.3. The van der Waals surface area contributed by atoms with Crippen LogP contribution in [0.5, 0.6) is 0 Å². The maximum atomic E-state index is 13.9. The minimum Gasteiger partial charge on any atom is -0.308 e. The molecule has 1 aliphatic rings. The van der Waals surface area contributed by atoms with Gasteiger partial charge in [-0.1, -0.05) is 44.2 Å². The fraction of sp³-hybridized carbons (Fsp3) is 0.600. The molecule has 1 aliphatic carbocycles. The zero-order valence-electron chi connectivity index (χ0n) is 11.0. The van der Waals surface area contributed by atoms with Crippen LogP contribution in [-0.4, -0.2) is 12.6 Å². The van der Waals surface area contributed by atoms with Gasteiger partial charge in [-0.2, -0.15) is 8.78 Å². The highest BCUT2D eigenvalue weighted by Crippen LogP contribution is 2.37. The number of rotatable bonds is 4. The lowest BCUT2D eigenvalue weighted by atomic mass is 9.92. The Balaban J connectivity index is 1.90. The van der Waals surface area contributed by atoms with E-state index < -0.39 is 5.92 Å². The molecule has 1 fully saturated rings. The first-order valence-corrected chi connectivity index (χ1v) is 6.56. The summed E-state index contributed by atoms with van der Waals surface area (Å²) >= 11 is 0. The molecular weight excluding hydrogens is 232 g/mol. The summed E-state index contributed by atoms with van der Waals surface area (Å²) < 4.78 is 27.9. The Morgan fingerprint density at radius 3 is 2.50 bits per heavy atom. The van der Waals surface area contributed by atoms with Crippen LogP contribution in [-0.2, 0) is 5.92 Å². The van der Waals surface area contributed by atoms with Crippen LogP contribution in [0.2, 0.25) is 0 Å². The average Bonchev–Trinajstić information content (AvgIpc) is 2.68. The van der Waals surface area contributed by atoms with Gasteiger partial charge in [0.05, 0.1) is 6.54 Å². The first-order chi connectivity index (χ1) is 8.39. The van der Waals surface area contributed by atoms with Crippen molar-refractivity contribution in [2.24, 2.45) is 5.41 Å². The normalized spacial score (nSPS) is 23.2. The molecule has 0 heterocycles. The van der Waals surface area contributed by atoms with Gasteiger partial charge in [0.15, 0.2) is 0 Å². The maximum Gasteiger partial charge on any atom is 0.285 e. The van der Waals surface area contributed by atoms with Crippen LogP contribution in [0.15, 0.2) is 30.3 Å². The average molecular weight is 253 g/mol. The Morgan fingerprint density at radius 2 is 1.94 bits per heavy atom. The number of nitrogens with one attached hydrogen (secondary N) is 1. The lowest BCUT2D eigenvalue weighted by Gasteiger charge is -2.22. The van der Waals surface area contributed by atoms with Crippen molar-refractivity contribution in [2.45, 2.75) is 45.1 Å². The van der Waals surface area contributed by atoms with E-state index in [4.69, 9.17) is 0 Å². The Morgan fingerprint density at radius 1 is 1.28 bits per heavy atom. The van der Waals surface area contributed by atoms with Gasteiger partial charge in [0.1, 0.15) is 0 Å². The number of hydrogen-bond acceptors (Lipinski definition) is 1. The molecule has 18 heavy (non-hydrogen) atoms. The van der Waals surface area contributed by atoms with Crippen LogP contribution >= 0.6 is 0 Å². The Hall–Kier alpha value is -0.960. The second-order valence-electron chi connectivity index (χ2n) is 6.06. The quantitative estimate of drug-likeness (QED) is 0.856. The molecule has 0 aromatic heterocycles. The van der Waals surface area contributed by atoms with E-state index in [1.807, 2.05) is 0 Å². The van der Waals surface area contributed by atoms with Gasteiger partial charge in [-0.3, -0.25) is 0 Å². The van der Waals surface area contributed by atoms with Crippen LogP contribution in [0.3, 0.4) is 0 Å². The second-order valence-corrected chi connectivity index (χ2v) is 6.06. The third kappa shape index (κ3) is 3.29. The van der Waals surface area contributed by atoms with Crippen molar-refractivity contribution < 1.29 is 8.78 Å². The molecule has 0 saturated heterocycles. The first-order valence-electron chi connectivity index (χ1n) is 6.56. The highest BCUT2D eigenvalue weighted by Gasteiger charge is 2.35. The predicted molar refractivity (Wildman–Crippen MR) is 69.8 cm³/mol. The zero-order valence-corrected chi connectivity index (χ0v) is 11.0. The minimum absolute atomic E-state index is 0.0924. The summed E-state index contributed by atoms with van der Waals surface area (Å²) in [4.78, 5) is 0. The van der Waals surface area contributed by atoms with Gasteiger partial charge < -0.3 is 5.32 Å². The summed E-state index contributed by atoms with van der Waals surface area (Å²) in [5.41, 5.74) is 0.384. The molecule has 0 aliphatic heterocycles. The van der Waals surface area contributed by atoms with E-state index in [9.17, 15) is 8.78 Å². The van der Waals surface area contributed by atoms with E-state index >= 15 is 0 Å². The highest BCUT2D eigenvalue weighted by molar-refractivity contribution is 5.20. The van der Waals surface area contributed by atoms with Gasteiger partial charge >= 0.3 is 0 Å². The summed E-state index contributed by atoms with van der Waals surface area (Å²) in [6, 6.07) is 8.27. The third-order valence-corrected chi connectivity index (χ3v) is 3.78. The molecule has 0 radical (unpaired) electrons. The van der Waals surface area contributed by atoms with Gasteiger partial charge in [-0.25, -0.2) is 0 Å². The van der Waals surface area contributed by atoms with Crippen LogP contribution < -0.4 is 5.32 Å². The van der Waals surface area contributed by atoms with Crippen molar-refractivity contribution in [3.63, 3.8) is 0 Å². The summed E-state index contributed by atoms with van der Waals surface area (Å²) in [7, 11) is 0. The lowest BCUT2D eigenvalue weighted by Crippen LogP contribution is -2.37. The van der Waals surface area contributed by atoms with Crippen LogP contribution in [0, 0.1) is 5.41 Å².